The number of aromatic amines is 1. The average molecular weight is 310 g/mol. The van der Waals surface area contributed by atoms with Gasteiger partial charge in [-0.2, -0.15) is 0 Å². The van der Waals surface area contributed by atoms with Gasteiger partial charge in [0, 0.05) is 41.5 Å². The van der Waals surface area contributed by atoms with E-state index in [1.165, 1.54) is 34.9 Å². The molecular formula is C18H22N4O. The number of H-pyrrole nitrogens is 1. The van der Waals surface area contributed by atoms with Gasteiger partial charge in [-0.25, -0.2) is 0 Å². The van der Waals surface area contributed by atoms with Gasteiger partial charge >= 0.3 is 0 Å². The van der Waals surface area contributed by atoms with E-state index < -0.39 is 0 Å². The molecule has 0 spiro atoms. The molecule has 5 nitrogen and oxygen atoms in total. The summed E-state index contributed by atoms with van der Waals surface area (Å²) in [7, 11) is 0. The molecule has 120 valence electrons. The molecule has 23 heavy (non-hydrogen) atoms. The van der Waals surface area contributed by atoms with Crippen LogP contribution in [0, 0.1) is 0 Å². The molecule has 5 heteroatoms. The number of nitrogens with one attached hydrogen (secondary N) is 3. The summed E-state index contributed by atoms with van der Waals surface area (Å²) in [4.78, 5) is 17.6. The van der Waals surface area contributed by atoms with E-state index in [9.17, 15) is 4.79 Å². The number of nitrogens with zero attached hydrogens (tertiary/aromatic N) is 1. The number of anilines is 1. The first-order valence-corrected chi connectivity index (χ1v) is 8.70. The Morgan fingerprint density at radius 2 is 2.17 bits per heavy atom. The zero-order chi connectivity index (χ0) is 15.4. The fraction of sp³-hybridized carbons (Fsp3) is 0.500. The predicted molar refractivity (Wildman–Crippen MR) is 91.0 cm³/mol. The number of rotatable bonds is 1. The van der Waals surface area contributed by atoms with Crippen LogP contribution in [0.4, 0.5) is 5.82 Å². The topological polar surface area (TPSA) is 60.2 Å². The molecule has 5 rings (SSSR count). The molecule has 3 heterocycles. The maximum absolute atomic E-state index is 11.8. The number of fused-ring (bicyclic) bond motifs is 2. The summed E-state index contributed by atoms with van der Waals surface area (Å²) in [5, 5.41) is 8.05. The van der Waals surface area contributed by atoms with E-state index in [2.05, 4.69) is 38.7 Å². The van der Waals surface area contributed by atoms with E-state index in [-0.39, 0.29) is 5.91 Å². The molecule has 1 aliphatic carbocycles. The summed E-state index contributed by atoms with van der Waals surface area (Å²) in [6, 6.07) is 7.18. The molecule has 0 saturated carbocycles. The third-order valence-electron chi connectivity index (χ3n) is 5.70. The Morgan fingerprint density at radius 3 is 3.09 bits per heavy atom. The smallest absolute Gasteiger partial charge is 0.239 e. The minimum atomic E-state index is 0.117. The highest BCUT2D eigenvalue weighted by molar-refractivity contribution is 5.94. The Morgan fingerprint density at radius 1 is 1.22 bits per heavy atom. The van der Waals surface area contributed by atoms with Crippen molar-refractivity contribution in [1.82, 2.24) is 15.6 Å². The molecule has 2 aliphatic heterocycles. The van der Waals surface area contributed by atoms with Gasteiger partial charge in [0.05, 0.1) is 6.54 Å². The third-order valence-corrected chi connectivity index (χ3v) is 5.70. The minimum absolute atomic E-state index is 0.117. The number of piperidine rings is 1. The first-order valence-electron chi connectivity index (χ1n) is 8.70. The van der Waals surface area contributed by atoms with Crippen molar-refractivity contribution >= 4 is 22.6 Å². The number of piperazine rings is 1. The Labute approximate surface area is 135 Å². The monoisotopic (exact) mass is 310 g/mol. The molecule has 3 aliphatic rings. The fourth-order valence-corrected chi connectivity index (χ4v) is 4.70. The van der Waals surface area contributed by atoms with Gasteiger partial charge in [-0.1, -0.05) is 12.1 Å². The second-order valence-corrected chi connectivity index (χ2v) is 7.01. The number of hydrogen-bond acceptors (Lipinski definition) is 3. The van der Waals surface area contributed by atoms with Crippen molar-refractivity contribution in [2.75, 3.05) is 31.1 Å². The highest BCUT2D eigenvalue weighted by Gasteiger charge is 2.35. The first-order chi connectivity index (χ1) is 11.3. The molecule has 1 amide bonds. The van der Waals surface area contributed by atoms with Crippen molar-refractivity contribution in [3.63, 3.8) is 0 Å². The molecule has 2 fully saturated rings. The lowest BCUT2D eigenvalue weighted by Crippen LogP contribution is -2.48. The number of carbonyl (C=O) groups is 1. The van der Waals surface area contributed by atoms with Gasteiger partial charge in [-0.3, -0.25) is 4.79 Å². The fourth-order valence-electron chi connectivity index (χ4n) is 4.70. The summed E-state index contributed by atoms with van der Waals surface area (Å²) < 4.78 is 0. The highest BCUT2D eigenvalue weighted by Crippen LogP contribution is 2.44. The van der Waals surface area contributed by atoms with Crippen molar-refractivity contribution in [2.24, 2.45) is 0 Å². The van der Waals surface area contributed by atoms with E-state index in [4.69, 9.17) is 0 Å². The number of carbonyl (C=O) groups excluding carboxylic acids is 1. The second kappa shape index (κ2) is 4.99. The summed E-state index contributed by atoms with van der Waals surface area (Å²) in [6.45, 7) is 3.18. The number of aromatic nitrogens is 1. The minimum Gasteiger partial charge on any atom is -0.353 e. The molecule has 2 saturated heterocycles. The molecule has 1 aromatic heterocycles. The Bertz CT molecular complexity index is 781. The quantitative estimate of drug-likeness (QED) is 0.748. The van der Waals surface area contributed by atoms with Crippen LogP contribution in [0.1, 0.15) is 29.9 Å². The normalized spacial score (nSPS) is 27.0. The molecule has 0 radical (unpaired) electrons. The molecule has 0 bridgehead atoms. The Kier molecular flexibility index (Phi) is 2.92. The van der Waals surface area contributed by atoms with Crippen LogP contribution in [0.5, 0.6) is 0 Å². The van der Waals surface area contributed by atoms with Gasteiger partial charge in [0.2, 0.25) is 5.91 Å². The zero-order valence-corrected chi connectivity index (χ0v) is 13.2. The van der Waals surface area contributed by atoms with Crippen LogP contribution in [0.2, 0.25) is 0 Å². The lowest BCUT2D eigenvalue weighted by molar-refractivity contribution is -0.120. The average Bonchev–Trinajstić information content (AvgIpc) is 2.95. The number of amides is 1. The molecule has 3 N–H and O–H groups in total. The number of benzene rings is 1. The largest absolute Gasteiger partial charge is 0.353 e. The van der Waals surface area contributed by atoms with Crippen LogP contribution in [-0.4, -0.2) is 43.1 Å². The maximum atomic E-state index is 11.8. The second-order valence-electron chi connectivity index (χ2n) is 7.01. The standard InChI is InChI=1S/C18H22N4O/c23-16-10-22(8-7-20-16)18-13-9-15-11(4-2-6-19-15)12-3-1-5-14(21-18)17(12)13/h1,3,5,11,15,19,21H,2,4,6-10H2,(H,20,23)/t11?,15-/m1/s1. The van der Waals surface area contributed by atoms with Gasteiger partial charge in [0.25, 0.3) is 0 Å². The van der Waals surface area contributed by atoms with Crippen LogP contribution in [-0.2, 0) is 11.2 Å². The van der Waals surface area contributed by atoms with Crippen molar-refractivity contribution in [3.8, 4) is 0 Å². The Hall–Kier alpha value is -2.01. The maximum Gasteiger partial charge on any atom is 0.239 e. The van der Waals surface area contributed by atoms with Gasteiger partial charge in [0.1, 0.15) is 5.82 Å². The van der Waals surface area contributed by atoms with Crippen LogP contribution in [0.25, 0.3) is 10.9 Å². The summed E-state index contributed by atoms with van der Waals surface area (Å²) in [5.41, 5.74) is 4.12. The first kappa shape index (κ1) is 13.4. The van der Waals surface area contributed by atoms with Gasteiger partial charge < -0.3 is 20.5 Å². The van der Waals surface area contributed by atoms with Crippen LogP contribution < -0.4 is 15.5 Å². The summed E-state index contributed by atoms with van der Waals surface area (Å²) in [5.74, 6) is 1.91. The SMILES string of the molecule is O=C1CN(c2[nH]c3cccc4c3c2C[C@H]2NCCCC42)CCN1. The van der Waals surface area contributed by atoms with Crippen molar-refractivity contribution in [3.05, 3.63) is 29.3 Å². The van der Waals surface area contributed by atoms with Crippen LogP contribution in [0.15, 0.2) is 18.2 Å². The summed E-state index contributed by atoms with van der Waals surface area (Å²) >= 11 is 0. The lowest BCUT2D eigenvalue weighted by Gasteiger charge is -2.37. The van der Waals surface area contributed by atoms with Gasteiger partial charge in [-0.05, 0) is 37.4 Å². The molecule has 2 aromatic rings. The van der Waals surface area contributed by atoms with Crippen LogP contribution >= 0.6 is 0 Å². The molecule has 1 unspecified atom stereocenters. The molecule has 1 aromatic carbocycles. The number of hydrogen-bond donors (Lipinski definition) is 3. The van der Waals surface area contributed by atoms with Gasteiger partial charge in [-0.15, -0.1) is 0 Å². The van der Waals surface area contributed by atoms with Crippen molar-refractivity contribution < 1.29 is 4.79 Å². The Balaban J connectivity index is 1.66. The van der Waals surface area contributed by atoms with E-state index in [0.29, 0.717) is 18.5 Å². The van der Waals surface area contributed by atoms with E-state index >= 15 is 0 Å². The van der Waals surface area contributed by atoms with Gasteiger partial charge in [0.15, 0.2) is 0 Å². The zero-order valence-electron chi connectivity index (χ0n) is 13.2. The molecule has 2 atom stereocenters. The predicted octanol–water partition coefficient (Wildman–Crippen LogP) is 1.50. The van der Waals surface area contributed by atoms with Crippen molar-refractivity contribution in [2.45, 2.75) is 31.2 Å². The van der Waals surface area contributed by atoms with E-state index in [1.54, 1.807) is 0 Å². The lowest BCUT2D eigenvalue weighted by atomic mass is 9.76. The van der Waals surface area contributed by atoms with Crippen molar-refractivity contribution in [1.29, 1.82) is 0 Å². The molecular weight excluding hydrogens is 288 g/mol. The van der Waals surface area contributed by atoms with E-state index in [0.717, 1.165) is 31.9 Å². The van der Waals surface area contributed by atoms with Crippen LogP contribution in [0.3, 0.4) is 0 Å². The summed E-state index contributed by atoms with van der Waals surface area (Å²) in [6.07, 6.45) is 3.61. The van der Waals surface area contributed by atoms with E-state index in [1.807, 2.05) is 0 Å². The third kappa shape index (κ3) is 1.99. The highest BCUT2D eigenvalue weighted by atomic mass is 16.2.